The Hall–Kier alpha value is -2.62. The molecule has 2 aliphatic heterocycles. The smallest absolute Gasteiger partial charge is 0.266 e. The van der Waals surface area contributed by atoms with Crippen LogP contribution in [0.25, 0.3) is 6.08 Å². The predicted molar refractivity (Wildman–Crippen MR) is 139 cm³/mol. The Morgan fingerprint density at radius 2 is 2.00 bits per heavy atom. The Labute approximate surface area is 211 Å². The van der Waals surface area contributed by atoms with E-state index in [9.17, 15) is 9.59 Å². The molecule has 4 rings (SSSR count). The lowest BCUT2D eigenvalue weighted by atomic mass is 10.1. The molecule has 0 aromatic heterocycles. The van der Waals surface area contributed by atoms with Gasteiger partial charge in [-0.05, 0) is 83.5 Å². The van der Waals surface area contributed by atoms with Gasteiger partial charge < -0.3 is 14.4 Å². The van der Waals surface area contributed by atoms with E-state index in [-0.39, 0.29) is 11.8 Å². The zero-order valence-corrected chi connectivity index (χ0v) is 21.5. The summed E-state index contributed by atoms with van der Waals surface area (Å²) in [5, 5.41) is 0.597. The minimum Gasteiger partial charge on any atom is -0.493 e. The summed E-state index contributed by atoms with van der Waals surface area (Å²) in [6, 6.07) is 13.0. The monoisotopic (exact) mass is 543 g/mol. The van der Waals surface area contributed by atoms with Crippen molar-refractivity contribution in [2.24, 2.45) is 4.99 Å². The molecule has 2 fully saturated rings. The van der Waals surface area contributed by atoms with Crippen LogP contribution < -0.4 is 4.74 Å². The van der Waals surface area contributed by atoms with Gasteiger partial charge in [0.25, 0.3) is 11.8 Å². The van der Waals surface area contributed by atoms with Gasteiger partial charge in [0.15, 0.2) is 5.17 Å². The predicted octanol–water partition coefficient (Wildman–Crippen LogP) is 4.94. The average Bonchev–Trinajstić information content (AvgIpc) is 3.14. The van der Waals surface area contributed by atoms with Gasteiger partial charge in [0, 0.05) is 25.2 Å². The number of amides is 2. The molecule has 0 aliphatic carbocycles. The second kappa shape index (κ2) is 11.2. The van der Waals surface area contributed by atoms with E-state index in [0.29, 0.717) is 60.8 Å². The van der Waals surface area contributed by atoms with Crippen LogP contribution in [0, 0.1) is 0 Å². The van der Waals surface area contributed by atoms with Crippen molar-refractivity contribution >= 4 is 56.4 Å². The molecular formula is C25H26BrN3O4S. The first-order chi connectivity index (χ1) is 16.5. The third-order valence-corrected chi connectivity index (χ3v) is 7.00. The minimum absolute atomic E-state index is 0.0329. The molecule has 2 aliphatic rings. The van der Waals surface area contributed by atoms with Crippen molar-refractivity contribution in [2.75, 3.05) is 39.5 Å². The summed E-state index contributed by atoms with van der Waals surface area (Å²) >= 11 is 4.86. The van der Waals surface area contributed by atoms with E-state index >= 15 is 0 Å². The lowest BCUT2D eigenvalue weighted by Gasteiger charge is -2.26. The summed E-state index contributed by atoms with van der Waals surface area (Å²) in [4.78, 5) is 34.6. The topological polar surface area (TPSA) is 71.4 Å². The number of carbonyl (C=O) groups is 2. The lowest BCUT2D eigenvalue weighted by Crippen LogP contribution is -2.40. The highest BCUT2D eigenvalue weighted by Gasteiger charge is 2.32. The molecule has 34 heavy (non-hydrogen) atoms. The Balaban J connectivity index is 1.57. The van der Waals surface area contributed by atoms with Crippen molar-refractivity contribution in [3.05, 3.63) is 63.0 Å². The molecule has 7 nitrogen and oxygen atoms in total. The lowest BCUT2D eigenvalue weighted by molar-refractivity contribution is -0.122. The number of amidine groups is 1. The summed E-state index contributed by atoms with van der Waals surface area (Å²) < 4.78 is 11.7. The maximum absolute atomic E-state index is 13.0. The van der Waals surface area contributed by atoms with E-state index in [1.165, 1.54) is 11.8 Å². The molecule has 0 unspecified atom stereocenters. The van der Waals surface area contributed by atoms with Crippen LogP contribution in [0.4, 0.5) is 5.69 Å². The molecule has 0 N–H and O–H groups in total. The Kier molecular flexibility index (Phi) is 8.07. The summed E-state index contributed by atoms with van der Waals surface area (Å²) in [6.45, 7) is 7.21. The van der Waals surface area contributed by atoms with Crippen LogP contribution in [0.1, 0.15) is 29.8 Å². The van der Waals surface area contributed by atoms with Crippen LogP contribution in [0.5, 0.6) is 5.75 Å². The van der Waals surface area contributed by atoms with E-state index < -0.39 is 0 Å². The number of benzene rings is 2. The third-order valence-electron chi connectivity index (χ3n) is 5.37. The van der Waals surface area contributed by atoms with Crippen LogP contribution in [0.3, 0.4) is 0 Å². The van der Waals surface area contributed by atoms with E-state index in [0.717, 1.165) is 15.8 Å². The number of rotatable bonds is 6. The number of aliphatic imine (C=N–C) groups is 1. The Morgan fingerprint density at radius 3 is 2.71 bits per heavy atom. The molecule has 9 heteroatoms. The Bertz CT molecular complexity index is 1140. The number of halogens is 1. The van der Waals surface area contributed by atoms with E-state index in [2.05, 4.69) is 15.9 Å². The molecule has 2 amide bonds. The summed E-state index contributed by atoms with van der Waals surface area (Å²) in [5.41, 5.74) is 2.11. The molecular weight excluding hydrogens is 518 g/mol. The van der Waals surface area contributed by atoms with E-state index in [4.69, 9.17) is 14.5 Å². The number of nitrogens with zero attached hydrogens (tertiary/aromatic N) is 3. The van der Waals surface area contributed by atoms with Gasteiger partial charge in [0.2, 0.25) is 0 Å². The van der Waals surface area contributed by atoms with Gasteiger partial charge in [-0.1, -0.05) is 12.1 Å². The highest BCUT2D eigenvalue weighted by molar-refractivity contribution is 9.10. The first kappa shape index (κ1) is 24.5. The minimum atomic E-state index is -0.0863. The van der Waals surface area contributed by atoms with Gasteiger partial charge in [-0.15, -0.1) is 0 Å². The van der Waals surface area contributed by atoms with Gasteiger partial charge >= 0.3 is 0 Å². The van der Waals surface area contributed by atoms with Gasteiger partial charge in [-0.25, -0.2) is 4.99 Å². The number of carbonyl (C=O) groups excluding carboxylic acids is 2. The average molecular weight is 544 g/mol. The van der Waals surface area contributed by atoms with Crippen molar-refractivity contribution in [2.45, 2.75) is 13.8 Å². The molecule has 2 aromatic carbocycles. The molecule has 178 valence electrons. The highest BCUT2D eigenvalue weighted by atomic mass is 79.9. The van der Waals surface area contributed by atoms with Crippen LogP contribution in [-0.4, -0.2) is 66.2 Å². The molecule has 0 atom stereocenters. The number of thioether (sulfide) groups is 1. The quantitative estimate of drug-likeness (QED) is 0.482. The van der Waals surface area contributed by atoms with Gasteiger partial charge in [-0.2, -0.15) is 0 Å². The molecule has 0 saturated carbocycles. The molecule has 0 spiro atoms. The fourth-order valence-corrected chi connectivity index (χ4v) is 5.24. The number of ether oxygens (including phenoxy) is 2. The number of likely N-dealkylation sites (N-methyl/N-ethyl adjacent to an activating group) is 1. The maximum Gasteiger partial charge on any atom is 0.266 e. The van der Waals surface area contributed by atoms with Crippen molar-refractivity contribution in [1.82, 2.24) is 9.80 Å². The molecule has 0 radical (unpaired) electrons. The largest absolute Gasteiger partial charge is 0.493 e. The van der Waals surface area contributed by atoms with Gasteiger partial charge in [-0.3, -0.25) is 14.5 Å². The zero-order chi connectivity index (χ0) is 24.1. The molecule has 2 aromatic rings. The fraction of sp³-hybridized carbons (Fsp3) is 0.320. The standard InChI is InChI=1S/C25H26BrN3O4S/c1-3-29-24(31)22(15-17-8-9-21(33-4-2)20(26)14-17)34-25(29)27-19-7-5-6-18(16-19)23(30)28-10-12-32-13-11-28/h5-9,14-16H,3-4,10-13H2,1-2H3/b22-15+,27-25?. The van der Waals surface area contributed by atoms with Crippen LogP contribution in [0.2, 0.25) is 0 Å². The van der Waals surface area contributed by atoms with E-state index in [1.54, 1.807) is 21.9 Å². The SMILES string of the molecule is CCOc1ccc(/C=C2/SC(=Nc3cccc(C(=O)N4CCOCC4)c3)N(CC)C2=O)cc1Br. The number of hydrogen-bond acceptors (Lipinski definition) is 6. The second-order valence-electron chi connectivity index (χ2n) is 7.63. The maximum atomic E-state index is 13.0. The van der Waals surface area contributed by atoms with Crippen molar-refractivity contribution < 1.29 is 19.1 Å². The van der Waals surface area contributed by atoms with Crippen molar-refractivity contribution in [3.63, 3.8) is 0 Å². The van der Waals surface area contributed by atoms with Crippen LogP contribution in [-0.2, 0) is 9.53 Å². The molecule has 2 heterocycles. The first-order valence-electron chi connectivity index (χ1n) is 11.2. The third kappa shape index (κ3) is 5.54. The van der Waals surface area contributed by atoms with Gasteiger partial charge in [0.05, 0.1) is 34.9 Å². The Morgan fingerprint density at radius 1 is 1.21 bits per heavy atom. The van der Waals surface area contributed by atoms with Gasteiger partial charge in [0.1, 0.15) is 5.75 Å². The van der Waals surface area contributed by atoms with Crippen molar-refractivity contribution in [3.8, 4) is 5.75 Å². The normalized spacial score (nSPS) is 18.7. The van der Waals surface area contributed by atoms with Crippen LogP contribution >= 0.6 is 27.7 Å². The number of hydrogen-bond donors (Lipinski definition) is 0. The fourth-order valence-electron chi connectivity index (χ4n) is 3.67. The summed E-state index contributed by atoms with van der Waals surface area (Å²) in [6.07, 6.45) is 1.86. The zero-order valence-electron chi connectivity index (χ0n) is 19.1. The van der Waals surface area contributed by atoms with Crippen molar-refractivity contribution in [1.29, 1.82) is 0 Å². The second-order valence-corrected chi connectivity index (χ2v) is 9.50. The highest BCUT2D eigenvalue weighted by Crippen LogP contribution is 2.35. The summed E-state index contributed by atoms with van der Waals surface area (Å²) in [5.74, 6) is 0.644. The first-order valence-corrected chi connectivity index (χ1v) is 12.8. The summed E-state index contributed by atoms with van der Waals surface area (Å²) in [7, 11) is 0. The van der Waals surface area contributed by atoms with Crippen LogP contribution in [0.15, 0.2) is 56.8 Å². The number of morpholine rings is 1. The van der Waals surface area contributed by atoms with E-state index in [1.807, 2.05) is 50.3 Å². The molecule has 0 bridgehead atoms. The molecule has 2 saturated heterocycles.